The van der Waals surface area contributed by atoms with Crippen LogP contribution in [0.2, 0.25) is 0 Å². The number of furan rings is 1. The summed E-state index contributed by atoms with van der Waals surface area (Å²) in [7, 11) is 0. The molecule has 12 rings (SSSR count). The van der Waals surface area contributed by atoms with Crippen LogP contribution >= 0.6 is 0 Å². The van der Waals surface area contributed by atoms with Gasteiger partial charge in [-0.05, 0) is 119 Å². The summed E-state index contributed by atoms with van der Waals surface area (Å²) < 4.78 is 13.0. The molecule has 0 saturated carbocycles. The third-order valence-electron chi connectivity index (χ3n) is 12.0. The van der Waals surface area contributed by atoms with Crippen LogP contribution < -0.4 is 4.74 Å². The number of hydrogen-bond donors (Lipinski definition) is 0. The van der Waals surface area contributed by atoms with Gasteiger partial charge in [-0.3, -0.25) is 0 Å². The maximum atomic E-state index is 6.51. The second-order valence-corrected chi connectivity index (χ2v) is 15.1. The Hall–Kier alpha value is -7.16. The van der Waals surface area contributed by atoms with E-state index in [2.05, 4.69) is 194 Å². The van der Waals surface area contributed by atoms with Crippen molar-refractivity contribution >= 4 is 54.3 Å². The average molecular weight is 715 g/mol. The third kappa shape index (κ3) is 4.76. The molecule has 2 heteroatoms. The Bertz CT molecular complexity index is 3250. The van der Waals surface area contributed by atoms with Crippen LogP contribution in [-0.4, -0.2) is 6.10 Å². The van der Waals surface area contributed by atoms with E-state index in [1.54, 1.807) is 0 Å². The van der Waals surface area contributed by atoms with Gasteiger partial charge in [0, 0.05) is 22.3 Å². The zero-order chi connectivity index (χ0) is 36.7. The van der Waals surface area contributed by atoms with Crippen molar-refractivity contribution < 1.29 is 9.15 Å². The van der Waals surface area contributed by atoms with Gasteiger partial charge in [-0.2, -0.15) is 0 Å². The first-order valence-corrected chi connectivity index (χ1v) is 19.4. The van der Waals surface area contributed by atoms with E-state index in [-0.39, 0.29) is 12.0 Å². The molecule has 1 aliphatic heterocycles. The van der Waals surface area contributed by atoms with Crippen molar-refractivity contribution in [2.24, 2.45) is 0 Å². The minimum absolute atomic E-state index is 0.0221. The van der Waals surface area contributed by atoms with Crippen LogP contribution in [0, 0.1) is 0 Å². The molecule has 0 bridgehead atoms. The topological polar surface area (TPSA) is 22.4 Å². The van der Waals surface area contributed by atoms with E-state index >= 15 is 0 Å². The van der Waals surface area contributed by atoms with E-state index in [0.29, 0.717) is 0 Å². The van der Waals surface area contributed by atoms with E-state index in [1.165, 1.54) is 71.3 Å². The maximum absolute atomic E-state index is 6.51. The molecule has 262 valence electrons. The lowest BCUT2D eigenvalue weighted by molar-refractivity contribution is 0.269. The van der Waals surface area contributed by atoms with Gasteiger partial charge in [0.1, 0.15) is 11.7 Å². The largest absolute Gasteiger partial charge is 0.481 e. The summed E-state index contributed by atoms with van der Waals surface area (Å²) in [6.45, 7) is 0. The van der Waals surface area contributed by atoms with E-state index < -0.39 is 0 Å². The molecule has 2 heterocycles. The monoisotopic (exact) mass is 714 g/mol. The molecule has 9 aromatic carbocycles. The fourth-order valence-corrected chi connectivity index (χ4v) is 9.34. The molecule has 0 amide bonds. The van der Waals surface area contributed by atoms with Gasteiger partial charge in [-0.1, -0.05) is 152 Å². The minimum Gasteiger partial charge on any atom is -0.481 e. The summed E-state index contributed by atoms with van der Waals surface area (Å²) in [5.41, 5.74) is 12.6. The molecule has 2 unspecified atom stereocenters. The van der Waals surface area contributed by atoms with Gasteiger partial charge in [-0.25, -0.2) is 0 Å². The molecular formula is C54H34O2. The lowest BCUT2D eigenvalue weighted by Crippen LogP contribution is -2.15. The van der Waals surface area contributed by atoms with Crippen molar-refractivity contribution in [2.75, 3.05) is 0 Å². The van der Waals surface area contributed by atoms with Gasteiger partial charge in [0.2, 0.25) is 0 Å². The van der Waals surface area contributed by atoms with Crippen LogP contribution in [0.15, 0.2) is 199 Å². The molecule has 56 heavy (non-hydrogen) atoms. The van der Waals surface area contributed by atoms with Crippen molar-refractivity contribution in [3.63, 3.8) is 0 Å². The second kappa shape index (κ2) is 12.2. The summed E-state index contributed by atoms with van der Waals surface area (Å²) in [6.07, 6.45) is 8.55. The summed E-state index contributed by atoms with van der Waals surface area (Å²) in [5.74, 6) is 1.10. The van der Waals surface area contributed by atoms with Crippen LogP contribution in [-0.2, 0) is 0 Å². The zero-order valence-electron chi connectivity index (χ0n) is 30.4. The SMILES string of the molecule is C1=CC2Oc3c(ccc4c3oc3ccc(-c5cccc(-c6c7ccccc7c(-c7cccc(-c8ccc9ccccc9c8)c7)c7ccccc67)c5)cc34)C2C=C1. The molecule has 10 aromatic rings. The summed E-state index contributed by atoms with van der Waals surface area (Å²) in [6, 6.07) is 62.2. The van der Waals surface area contributed by atoms with Crippen molar-refractivity contribution in [3.05, 3.63) is 200 Å². The van der Waals surface area contributed by atoms with Gasteiger partial charge in [0.25, 0.3) is 0 Å². The predicted molar refractivity (Wildman–Crippen MR) is 233 cm³/mol. The van der Waals surface area contributed by atoms with Crippen LogP contribution in [0.25, 0.3) is 98.8 Å². The summed E-state index contributed by atoms with van der Waals surface area (Å²) in [5, 5.41) is 9.66. The fraction of sp³-hybridized carbons (Fsp3) is 0.0370. The Kier molecular flexibility index (Phi) is 6.79. The molecule has 2 aliphatic rings. The Labute approximate surface area is 324 Å². The lowest BCUT2D eigenvalue weighted by Gasteiger charge is -2.18. The molecule has 0 fully saturated rings. The van der Waals surface area contributed by atoms with E-state index in [0.717, 1.165) is 38.8 Å². The first kappa shape index (κ1) is 31.2. The van der Waals surface area contributed by atoms with Gasteiger partial charge in [0.15, 0.2) is 11.3 Å². The first-order chi connectivity index (χ1) is 27.7. The van der Waals surface area contributed by atoms with Crippen LogP contribution in [0.1, 0.15) is 11.5 Å². The molecule has 1 aliphatic carbocycles. The molecular weight excluding hydrogens is 681 g/mol. The number of allylic oxidation sites excluding steroid dienone is 2. The lowest BCUT2D eigenvalue weighted by atomic mass is 9.85. The second-order valence-electron chi connectivity index (χ2n) is 15.1. The zero-order valence-corrected chi connectivity index (χ0v) is 30.4. The quantitative estimate of drug-likeness (QED) is 0.169. The minimum atomic E-state index is 0.0221. The molecule has 0 N–H and O–H groups in total. The van der Waals surface area contributed by atoms with Crippen LogP contribution in [0.4, 0.5) is 0 Å². The Morgan fingerprint density at radius 3 is 1.64 bits per heavy atom. The van der Waals surface area contributed by atoms with Gasteiger partial charge < -0.3 is 9.15 Å². The van der Waals surface area contributed by atoms with E-state index in [9.17, 15) is 0 Å². The highest BCUT2D eigenvalue weighted by Gasteiger charge is 2.34. The first-order valence-electron chi connectivity index (χ1n) is 19.4. The molecule has 0 saturated heterocycles. The molecule has 2 nitrogen and oxygen atoms in total. The molecule has 0 radical (unpaired) electrons. The summed E-state index contributed by atoms with van der Waals surface area (Å²) in [4.78, 5) is 0. The Morgan fingerprint density at radius 2 is 0.946 bits per heavy atom. The molecule has 2 atom stereocenters. The summed E-state index contributed by atoms with van der Waals surface area (Å²) >= 11 is 0. The number of rotatable bonds is 4. The van der Waals surface area contributed by atoms with Crippen molar-refractivity contribution in [1.29, 1.82) is 0 Å². The fourth-order valence-electron chi connectivity index (χ4n) is 9.34. The number of ether oxygens (including phenoxy) is 1. The van der Waals surface area contributed by atoms with E-state index in [4.69, 9.17) is 9.15 Å². The van der Waals surface area contributed by atoms with Crippen LogP contribution in [0.3, 0.4) is 0 Å². The highest BCUT2D eigenvalue weighted by Crippen LogP contribution is 2.49. The average Bonchev–Trinajstić information content (AvgIpc) is 3.84. The number of benzene rings is 9. The smallest absolute Gasteiger partial charge is 0.177 e. The predicted octanol–water partition coefficient (Wildman–Crippen LogP) is 14.7. The number of hydrogen-bond acceptors (Lipinski definition) is 2. The van der Waals surface area contributed by atoms with E-state index in [1.807, 2.05) is 0 Å². The van der Waals surface area contributed by atoms with Crippen molar-refractivity contribution in [1.82, 2.24) is 0 Å². The maximum Gasteiger partial charge on any atom is 0.177 e. The molecule has 0 spiro atoms. The highest BCUT2D eigenvalue weighted by atomic mass is 16.5. The Morgan fingerprint density at radius 1 is 0.375 bits per heavy atom. The van der Waals surface area contributed by atoms with Crippen molar-refractivity contribution in [2.45, 2.75) is 12.0 Å². The Balaban J connectivity index is 0.991. The van der Waals surface area contributed by atoms with Gasteiger partial charge >= 0.3 is 0 Å². The molecule has 1 aromatic heterocycles. The third-order valence-corrected chi connectivity index (χ3v) is 12.0. The van der Waals surface area contributed by atoms with Gasteiger partial charge in [0.05, 0.1) is 0 Å². The van der Waals surface area contributed by atoms with Crippen molar-refractivity contribution in [3.8, 4) is 50.3 Å². The number of fused-ring (bicyclic) bond motifs is 10. The highest BCUT2D eigenvalue weighted by molar-refractivity contribution is 6.21. The normalized spacial score (nSPS) is 15.9. The van der Waals surface area contributed by atoms with Gasteiger partial charge in [-0.15, -0.1) is 0 Å². The standard InChI is InChI=1S/C54H34O2/c1-2-12-34-29-37(24-23-33(34)11-1)35-13-9-15-39(30-35)51-42-18-3-5-20-44(42)52(45-21-6-4-19-43(45)51)40-16-10-14-36(31-40)38-25-28-50-48(32-38)47-27-26-46-41-17-7-8-22-49(41)55-53(46)54(47)56-50/h1-32,41,49H. The van der Waals surface area contributed by atoms with Crippen LogP contribution in [0.5, 0.6) is 5.75 Å².